The second-order valence-electron chi connectivity index (χ2n) is 4.66. The van der Waals surface area contributed by atoms with Crippen molar-refractivity contribution in [3.63, 3.8) is 0 Å². The zero-order valence-electron chi connectivity index (χ0n) is 12.6. The van der Waals surface area contributed by atoms with Gasteiger partial charge in [-0.1, -0.05) is 19.1 Å². The number of anilines is 1. The Hall–Kier alpha value is -1.62. The molecule has 112 valence electrons. The van der Waals surface area contributed by atoms with Gasteiger partial charge in [0.25, 0.3) is 0 Å². The van der Waals surface area contributed by atoms with Crippen LogP contribution in [0.5, 0.6) is 5.75 Å². The number of ether oxygens (including phenoxy) is 1. The molecule has 21 heavy (non-hydrogen) atoms. The van der Waals surface area contributed by atoms with Gasteiger partial charge in [0.1, 0.15) is 17.4 Å². The van der Waals surface area contributed by atoms with Gasteiger partial charge in [0, 0.05) is 13.0 Å². The van der Waals surface area contributed by atoms with Gasteiger partial charge in [-0.15, -0.1) is 0 Å². The van der Waals surface area contributed by atoms with Gasteiger partial charge >= 0.3 is 0 Å². The third-order valence-electron chi connectivity index (χ3n) is 3.14. The Labute approximate surface area is 134 Å². The molecule has 1 heterocycles. The molecule has 0 aliphatic heterocycles. The van der Waals surface area contributed by atoms with Crippen LogP contribution in [-0.2, 0) is 12.8 Å². The summed E-state index contributed by atoms with van der Waals surface area (Å²) in [7, 11) is 1.67. The van der Waals surface area contributed by atoms with Gasteiger partial charge in [-0.2, -0.15) is 0 Å². The summed E-state index contributed by atoms with van der Waals surface area (Å²) in [6.45, 7) is 4.98. The molecule has 0 radical (unpaired) electrons. The summed E-state index contributed by atoms with van der Waals surface area (Å²) >= 11 is 3.58. The van der Waals surface area contributed by atoms with E-state index in [4.69, 9.17) is 4.74 Å². The van der Waals surface area contributed by atoms with Crippen LogP contribution in [0.3, 0.4) is 0 Å². The maximum atomic E-state index is 5.26. The lowest BCUT2D eigenvalue weighted by Crippen LogP contribution is -2.08. The maximum absolute atomic E-state index is 5.26. The maximum Gasteiger partial charge on any atom is 0.144 e. The first-order valence-corrected chi connectivity index (χ1v) is 7.89. The van der Waals surface area contributed by atoms with E-state index in [9.17, 15) is 0 Å². The van der Waals surface area contributed by atoms with Crippen molar-refractivity contribution in [3.8, 4) is 5.75 Å². The number of nitrogens with zero attached hydrogens (tertiary/aromatic N) is 2. The van der Waals surface area contributed by atoms with Gasteiger partial charge < -0.3 is 10.1 Å². The van der Waals surface area contributed by atoms with Gasteiger partial charge in [-0.05, 0) is 47.0 Å². The average molecular weight is 350 g/mol. The van der Waals surface area contributed by atoms with E-state index >= 15 is 0 Å². The minimum atomic E-state index is 0.690. The zero-order valence-corrected chi connectivity index (χ0v) is 14.2. The molecule has 0 saturated heterocycles. The number of aryl methyl sites for hydroxylation is 1. The third-order valence-corrected chi connectivity index (χ3v) is 3.97. The second kappa shape index (κ2) is 7.41. The van der Waals surface area contributed by atoms with Crippen molar-refractivity contribution in [2.45, 2.75) is 26.7 Å². The number of rotatable bonds is 6. The first-order valence-electron chi connectivity index (χ1n) is 7.10. The first-order chi connectivity index (χ1) is 10.2. The van der Waals surface area contributed by atoms with Crippen LogP contribution < -0.4 is 10.1 Å². The molecule has 0 fully saturated rings. The summed E-state index contributed by atoms with van der Waals surface area (Å²) in [6, 6.07) is 8.00. The minimum Gasteiger partial charge on any atom is -0.497 e. The number of hydrogen-bond acceptors (Lipinski definition) is 4. The van der Waals surface area contributed by atoms with Crippen molar-refractivity contribution >= 4 is 21.7 Å². The summed E-state index contributed by atoms with van der Waals surface area (Å²) in [5.41, 5.74) is 2.17. The van der Waals surface area contributed by atoms with E-state index in [2.05, 4.69) is 51.1 Å². The summed E-state index contributed by atoms with van der Waals surface area (Å²) in [5.74, 6) is 2.54. The normalized spacial score (nSPS) is 10.5. The largest absolute Gasteiger partial charge is 0.497 e. The fraction of sp³-hybridized carbons (Fsp3) is 0.375. The van der Waals surface area contributed by atoms with Crippen LogP contribution in [0.4, 0.5) is 5.82 Å². The van der Waals surface area contributed by atoms with Crippen LogP contribution in [0.15, 0.2) is 28.7 Å². The standard InChI is InChI=1S/C16H20BrN3O/c1-4-13-15(17)16(18-5-2)20-14(19-13)10-11-7-6-8-12(9-11)21-3/h6-9H,4-5,10H2,1-3H3,(H,18,19,20). The molecule has 2 aromatic rings. The summed E-state index contributed by atoms with van der Waals surface area (Å²) in [6.07, 6.45) is 1.56. The highest BCUT2D eigenvalue weighted by Crippen LogP contribution is 2.25. The number of nitrogens with one attached hydrogen (secondary N) is 1. The predicted molar refractivity (Wildman–Crippen MR) is 89.1 cm³/mol. The number of halogens is 1. The molecular weight excluding hydrogens is 330 g/mol. The molecule has 1 aromatic carbocycles. The monoisotopic (exact) mass is 349 g/mol. The zero-order chi connectivity index (χ0) is 15.2. The quantitative estimate of drug-likeness (QED) is 0.860. The highest BCUT2D eigenvalue weighted by Gasteiger charge is 2.11. The molecule has 0 bridgehead atoms. The van der Waals surface area contributed by atoms with Crippen LogP contribution >= 0.6 is 15.9 Å². The van der Waals surface area contributed by atoms with Gasteiger partial charge in [0.15, 0.2) is 0 Å². The molecular formula is C16H20BrN3O. The van der Waals surface area contributed by atoms with Crippen molar-refractivity contribution in [2.75, 3.05) is 19.0 Å². The summed E-state index contributed by atoms with van der Waals surface area (Å²) in [5, 5.41) is 3.28. The van der Waals surface area contributed by atoms with Crippen LogP contribution in [0.1, 0.15) is 30.9 Å². The lowest BCUT2D eigenvalue weighted by Gasteiger charge is -2.11. The Morgan fingerprint density at radius 2 is 2.05 bits per heavy atom. The number of hydrogen-bond donors (Lipinski definition) is 1. The highest BCUT2D eigenvalue weighted by molar-refractivity contribution is 9.10. The van der Waals surface area contributed by atoms with Crippen molar-refractivity contribution in [2.24, 2.45) is 0 Å². The molecule has 0 aliphatic rings. The molecule has 0 amide bonds. The number of benzene rings is 1. The Morgan fingerprint density at radius 1 is 1.24 bits per heavy atom. The van der Waals surface area contributed by atoms with Crippen LogP contribution in [0.2, 0.25) is 0 Å². The lowest BCUT2D eigenvalue weighted by molar-refractivity contribution is 0.414. The van der Waals surface area contributed by atoms with Crippen LogP contribution in [0, 0.1) is 0 Å². The number of methoxy groups -OCH3 is 1. The molecule has 1 N–H and O–H groups in total. The Balaban J connectivity index is 2.32. The molecule has 1 aromatic heterocycles. The second-order valence-corrected chi connectivity index (χ2v) is 5.45. The molecule has 5 heteroatoms. The van der Waals surface area contributed by atoms with E-state index in [-0.39, 0.29) is 0 Å². The average Bonchev–Trinajstić information content (AvgIpc) is 2.50. The van der Waals surface area contributed by atoms with E-state index < -0.39 is 0 Å². The SMILES string of the molecule is CCNc1nc(Cc2cccc(OC)c2)nc(CC)c1Br. The minimum absolute atomic E-state index is 0.690. The van der Waals surface area contributed by atoms with Gasteiger partial charge in [0.2, 0.25) is 0 Å². The summed E-state index contributed by atoms with van der Waals surface area (Å²) in [4.78, 5) is 9.26. The van der Waals surface area contributed by atoms with Crippen LogP contribution in [-0.4, -0.2) is 23.6 Å². The molecule has 2 rings (SSSR count). The third kappa shape index (κ3) is 3.94. The first kappa shape index (κ1) is 15.8. The smallest absolute Gasteiger partial charge is 0.144 e. The van der Waals surface area contributed by atoms with E-state index in [1.165, 1.54) is 0 Å². The van der Waals surface area contributed by atoms with Gasteiger partial charge in [0.05, 0.1) is 17.3 Å². The van der Waals surface area contributed by atoms with Crippen LogP contribution in [0.25, 0.3) is 0 Å². The molecule has 0 aliphatic carbocycles. The van der Waals surface area contributed by atoms with Crippen molar-refractivity contribution in [1.29, 1.82) is 0 Å². The fourth-order valence-electron chi connectivity index (χ4n) is 2.11. The van der Waals surface area contributed by atoms with Gasteiger partial charge in [-0.25, -0.2) is 9.97 Å². The Kier molecular flexibility index (Phi) is 5.56. The van der Waals surface area contributed by atoms with Gasteiger partial charge in [-0.3, -0.25) is 0 Å². The van der Waals surface area contributed by atoms with Crippen molar-refractivity contribution < 1.29 is 4.74 Å². The highest BCUT2D eigenvalue weighted by atomic mass is 79.9. The molecule has 0 atom stereocenters. The van der Waals surface area contributed by atoms with E-state index in [1.807, 2.05) is 18.2 Å². The topological polar surface area (TPSA) is 47.0 Å². The molecule has 0 unspecified atom stereocenters. The van der Waals surface area contributed by atoms with Crippen molar-refractivity contribution in [1.82, 2.24) is 9.97 Å². The van der Waals surface area contributed by atoms with E-state index in [0.717, 1.165) is 46.1 Å². The Bertz CT molecular complexity index is 616. The Morgan fingerprint density at radius 3 is 2.71 bits per heavy atom. The summed E-state index contributed by atoms with van der Waals surface area (Å²) < 4.78 is 6.22. The fourth-order valence-corrected chi connectivity index (χ4v) is 2.71. The van der Waals surface area contributed by atoms with Crippen molar-refractivity contribution in [3.05, 3.63) is 45.8 Å². The molecule has 4 nitrogen and oxygen atoms in total. The number of aromatic nitrogens is 2. The predicted octanol–water partition coefficient (Wildman–Crippen LogP) is 3.83. The molecule has 0 saturated carbocycles. The molecule has 0 spiro atoms. The van der Waals surface area contributed by atoms with E-state index in [0.29, 0.717) is 6.42 Å². The lowest BCUT2D eigenvalue weighted by atomic mass is 10.1. The van der Waals surface area contributed by atoms with E-state index in [1.54, 1.807) is 7.11 Å².